The number of hydrogen-bond acceptors (Lipinski definition) is 1. The van der Waals surface area contributed by atoms with Crippen LogP contribution < -0.4 is 4.74 Å². The normalized spacial score (nSPS) is 19.4. The van der Waals surface area contributed by atoms with E-state index >= 15 is 0 Å². The van der Waals surface area contributed by atoms with Crippen LogP contribution in [0, 0.1) is 23.5 Å². The SMILES string of the molecule is CCCCC[C@H]1CC[C@H](COc2ccc(-c3ccc(C(F)(F)F)cc3)c(F)c2F)CC1. The van der Waals surface area contributed by atoms with Crippen molar-refractivity contribution in [3.8, 4) is 16.9 Å². The molecule has 2 aromatic carbocycles. The Labute approximate surface area is 180 Å². The maximum atomic E-state index is 14.6. The molecule has 1 aliphatic carbocycles. The summed E-state index contributed by atoms with van der Waals surface area (Å²) in [5.41, 5.74) is -0.749. The number of ether oxygens (including phenoxy) is 1. The third-order valence-electron chi connectivity index (χ3n) is 6.23. The summed E-state index contributed by atoms with van der Waals surface area (Å²) in [7, 11) is 0. The van der Waals surface area contributed by atoms with Crippen molar-refractivity contribution in [3.05, 3.63) is 53.6 Å². The lowest BCUT2D eigenvalue weighted by atomic mass is 9.80. The minimum absolute atomic E-state index is 0.0915. The van der Waals surface area contributed by atoms with Crippen molar-refractivity contribution in [1.29, 1.82) is 0 Å². The summed E-state index contributed by atoms with van der Waals surface area (Å²) in [6.45, 7) is 2.55. The average molecular weight is 440 g/mol. The zero-order valence-electron chi connectivity index (χ0n) is 17.8. The summed E-state index contributed by atoms with van der Waals surface area (Å²) in [4.78, 5) is 0. The van der Waals surface area contributed by atoms with Gasteiger partial charge in [-0.25, -0.2) is 4.39 Å². The molecule has 31 heavy (non-hydrogen) atoms. The van der Waals surface area contributed by atoms with Crippen molar-refractivity contribution < 1.29 is 26.7 Å². The van der Waals surface area contributed by atoms with Gasteiger partial charge in [0.1, 0.15) is 0 Å². The smallest absolute Gasteiger partial charge is 0.416 e. The third-order valence-corrected chi connectivity index (χ3v) is 6.23. The first kappa shape index (κ1) is 23.6. The van der Waals surface area contributed by atoms with Crippen LogP contribution in [0.3, 0.4) is 0 Å². The predicted octanol–water partition coefficient (Wildman–Crippen LogP) is 8.42. The Morgan fingerprint density at radius 3 is 2.10 bits per heavy atom. The molecule has 3 rings (SSSR count). The monoisotopic (exact) mass is 440 g/mol. The predicted molar refractivity (Wildman–Crippen MR) is 112 cm³/mol. The quantitative estimate of drug-likeness (QED) is 0.296. The molecule has 0 spiro atoms. The first-order valence-corrected chi connectivity index (χ1v) is 11.1. The van der Waals surface area contributed by atoms with E-state index in [1.54, 1.807) is 0 Å². The second-order valence-corrected chi connectivity index (χ2v) is 8.51. The Morgan fingerprint density at radius 1 is 0.839 bits per heavy atom. The van der Waals surface area contributed by atoms with Crippen LogP contribution >= 0.6 is 0 Å². The third kappa shape index (κ3) is 6.20. The largest absolute Gasteiger partial charge is 0.490 e. The van der Waals surface area contributed by atoms with Gasteiger partial charge in [-0.3, -0.25) is 0 Å². The lowest BCUT2D eigenvalue weighted by Gasteiger charge is -2.28. The van der Waals surface area contributed by atoms with Crippen molar-refractivity contribution in [3.63, 3.8) is 0 Å². The molecule has 0 atom stereocenters. The topological polar surface area (TPSA) is 9.23 Å². The molecule has 2 aromatic rings. The van der Waals surface area contributed by atoms with E-state index in [9.17, 15) is 22.0 Å². The fraction of sp³-hybridized carbons (Fsp3) is 0.520. The molecule has 1 fully saturated rings. The van der Waals surface area contributed by atoms with E-state index in [2.05, 4.69) is 6.92 Å². The van der Waals surface area contributed by atoms with Gasteiger partial charge < -0.3 is 4.74 Å². The number of rotatable bonds is 8. The lowest BCUT2D eigenvalue weighted by Crippen LogP contribution is -2.20. The summed E-state index contributed by atoms with van der Waals surface area (Å²) < 4.78 is 72.8. The van der Waals surface area contributed by atoms with E-state index in [1.807, 2.05) is 0 Å². The molecule has 6 heteroatoms. The molecule has 1 nitrogen and oxygen atoms in total. The van der Waals surface area contributed by atoms with Crippen molar-refractivity contribution in [1.82, 2.24) is 0 Å². The molecule has 170 valence electrons. The highest BCUT2D eigenvalue weighted by atomic mass is 19.4. The maximum Gasteiger partial charge on any atom is 0.416 e. The Bertz CT molecular complexity index is 836. The highest BCUT2D eigenvalue weighted by molar-refractivity contribution is 5.65. The van der Waals surface area contributed by atoms with E-state index in [0.29, 0.717) is 12.5 Å². The fourth-order valence-corrected chi connectivity index (χ4v) is 4.28. The molecule has 0 heterocycles. The molecular formula is C25H29F5O. The maximum absolute atomic E-state index is 14.6. The van der Waals surface area contributed by atoms with Crippen LogP contribution in [-0.4, -0.2) is 6.61 Å². The highest BCUT2D eigenvalue weighted by Gasteiger charge is 2.30. The minimum Gasteiger partial charge on any atom is -0.490 e. The zero-order valence-corrected chi connectivity index (χ0v) is 17.8. The van der Waals surface area contributed by atoms with Gasteiger partial charge in [-0.2, -0.15) is 17.6 Å². The number of alkyl halides is 3. The molecule has 0 bridgehead atoms. The van der Waals surface area contributed by atoms with Gasteiger partial charge in [0.25, 0.3) is 0 Å². The second-order valence-electron chi connectivity index (χ2n) is 8.51. The van der Waals surface area contributed by atoms with Gasteiger partial charge in [0, 0.05) is 5.56 Å². The van der Waals surface area contributed by atoms with Crippen molar-refractivity contribution in [2.45, 2.75) is 64.5 Å². The van der Waals surface area contributed by atoms with Crippen LogP contribution in [-0.2, 0) is 6.18 Å². The first-order valence-electron chi connectivity index (χ1n) is 11.1. The van der Waals surface area contributed by atoms with Gasteiger partial charge in [-0.1, -0.05) is 57.6 Å². The Kier molecular flexibility index (Phi) is 7.95. The number of hydrogen-bond donors (Lipinski definition) is 0. The Morgan fingerprint density at radius 2 is 1.48 bits per heavy atom. The fourth-order valence-electron chi connectivity index (χ4n) is 4.28. The lowest BCUT2D eigenvalue weighted by molar-refractivity contribution is -0.137. The van der Waals surface area contributed by atoms with Gasteiger partial charge in [0.2, 0.25) is 5.82 Å². The van der Waals surface area contributed by atoms with Crippen molar-refractivity contribution in [2.24, 2.45) is 11.8 Å². The van der Waals surface area contributed by atoms with Crippen molar-refractivity contribution >= 4 is 0 Å². The molecule has 1 saturated carbocycles. The van der Waals surface area contributed by atoms with Crippen LogP contribution in [0.15, 0.2) is 36.4 Å². The molecule has 1 aliphatic rings. The second kappa shape index (κ2) is 10.5. The molecule has 0 saturated heterocycles. The summed E-state index contributed by atoms with van der Waals surface area (Å²) in [5, 5.41) is 0. The van der Waals surface area contributed by atoms with Gasteiger partial charge in [-0.15, -0.1) is 0 Å². The summed E-state index contributed by atoms with van der Waals surface area (Å²) in [5.74, 6) is -1.28. The highest BCUT2D eigenvalue weighted by Crippen LogP contribution is 2.35. The average Bonchev–Trinajstić information content (AvgIpc) is 2.75. The molecule has 0 N–H and O–H groups in total. The van der Waals surface area contributed by atoms with Crippen LogP contribution in [0.25, 0.3) is 11.1 Å². The van der Waals surface area contributed by atoms with Crippen LogP contribution in [0.4, 0.5) is 22.0 Å². The molecule has 0 aliphatic heterocycles. The van der Waals surface area contributed by atoms with Gasteiger partial charge in [0.05, 0.1) is 12.2 Å². The Hall–Kier alpha value is -2.11. The van der Waals surface area contributed by atoms with E-state index in [1.165, 1.54) is 37.8 Å². The number of benzene rings is 2. The van der Waals surface area contributed by atoms with E-state index in [-0.39, 0.29) is 16.9 Å². The van der Waals surface area contributed by atoms with Crippen LogP contribution in [0.5, 0.6) is 5.75 Å². The first-order chi connectivity index (χ1) is 14.8. The molecular weight excluding hydrogens is 411 g/mol. The van der Waals surface area contributed by atoms with E-state index in [0.717, 1.165) is 55.9 Å². The summed E-state index contributed by atoms with van der Waals surface area (Å²) in [6, 6.07) is 6.69. The summed E-state index contributed by atoms with van der Waals surface area (Å²) in [6.07, 6.45) is 4.94. The molecule has 0 radical (unpaired) electrons. The number of halogens is 5. The number of unbranched alkanes of at least 4 members (excludes halogenated alkanes) is 2. The van der Waals surface area contributed by atoms with Gasteiger partial charge >= 0.3 is 6.18 Å². The Balaban J connectivity index is 1.58. The minimum atomic E-state index is -4.48. The molecule has 0 unspecified atom stereocenters. The van der Waals surface area contributed by atoms with E-state index in [4.69, 9.17) is 4.74 Å². The van der Waals surface area contributed by atoms with Crippen molar-refractivity contribution in [2.75, 3.05) is 6.61 Å². The standard InChI is InChI=1S/C25H29F5O/c1-2-3-4-5-17-6-8-18(9-7-17)16-31-22-15-14-21(23(26)24(22)27)19-10-12-20(13-11-19)25(28,29)30/h10-15,17-18H,2-9,16H2,1H3/t17-,18-. The molecule has 0 aromatic heterocycles. The van der Waals surface area contributed by atoms with E-state index < -0.39 is 23.4 Å². The van der Waals surface area contributed by atoms with Crippen LogP contribution in [0.1, 0.15) is 63.9 Å². The van der Waals surface area contributed by atoms with Gasteiger partial charge in [0.15, 0.2) is 11.6 Å². The van der Waals surface area contributed by atoms with Gasteiger partial charge in [-0.05, 0) is 54.5 Å². The van der Waals surface area contributed by atoms with Crippen LogP contribution in [0.2, 0.25) is 0 Å². The summed E-state index contributed by atoms with van der Waals surface area (Å²) >= 11 is 0. The zero-order chi connectivity index (χ0) is 22.4. The molecule has 0 amide bonds.